The van der Waals surface area contributed by atoms with Gasteiger partial charge in [0.25, 0.3) is 0 Å². The molecule has 0 amide bonds. The highest BCUT2D eigenvalue weighted by Crippen LogP contribution is 2.59. The van der Waals surface area contributed by atoms with Gasteiger partial charge < -0.3 is 0 Å². The van der Waals surface area contributed by atoms with Crippen LogP contribution in [0.5, 0.6) is 0 Å². The van der Waals surface area contributed by atoms with Crippen molar-refractivity contribution in [2.75, 3.05) is 0 Å². The monoisotopic (exact) mass is 1360 g/mol. The van der Waals surface area contributed by atoms with Crippen LogP contribution in [0.2, 0.25) is 0 Å². The first-order valence-electron chi connectivity index (χ1n) is 39.4. The van der Waals surface area contributed by atoms with Crippen LogP contribution >= 0.6 is 0 Å². The molecule has 0 saturated carbocycles. The fraction of sp³-hybridized carbons (Fsp3) is 0.313. The molecule has 12 aromatic rings. The lowest BCUT2D eigenvalue weighted by atomic mass is 9.76. The van der Waals surface area contributed by atoms with E-state index < -0.39 is 12.7 Å². The van der Waals surface area contributed by atoms with Crippen molar-refractivity contribution in [3.63, 3.8) is 0 Å². The van der Waals surface area contributed by atoms with Crippen molar-refractivity contribution in [1.82, 2.24) is 0 Å². The van der Waals surface area contributed by atoms with Gasteiger partial charge >= 0.3 is 0 Å². The number of hydrogen-bond acceptors (Lipinski definition) is 0. The summed E-state index contributed by atoms with van der Waals surface area (Å²) in [5, 5.41) is 0. The lowest BCUT2D eigenvalue weighted by Crippen LogP contribution is -2.30. The van der Waals surface area contributed by atoms with Gasteiger partial charge in [0.15, 0.2) is 24.8 Å². The van der Waals surface area contributed by atoms with Crippen molar-refractivity contribution in [2.24, 2.45) is 28.2 Å². The Morgan fingerprint density at radius 1 is 0.330 bits per heavy atom. The summed E-state index contributed by atoms with van der Waals surface area (Å²) < 4.78 is 41.8. The van der Waals surface area contributed by atoms with Gasteiger partial charge in [-0.15, -0.1) is 0 Å². The van der Waals surface area contributed by atoms with Crippen LogP contribution < -0.4 is 18.3 Å². The topological polar surface area (TPSA) is 15.5 Å². The van der Waals surface area contributed by atoms with E-state index in [4.69, 9.17) is 5.48 Å². The molecular formula is C99H110N4+4. The molecule has 0 radical (unpaired) electrons. The molecular weight excluding hydrogens is 1250 g/mol. The minimum atomic E-state index is -2.43. The van der Waals surface area contributed by atoms with E-state index in [9.17, 15) is 0 Å². The summed E-state index contributed by atoms with van der Waals surface area (Å²) in [4.78, 5) is 0. The zero-order valence-electron chi connectivity index (χ0n) is 69.4. The molecule has 4 nitrogen and oxygen atoms in total. The van der Waals surface area contributed by atoms with Crippen molar-refractivity contribution in [2.45, 2.75) is 177 Å². The molecule has 4 aromatic heterocycles. The summed E-state index contributed by atoms with van der Waals surface area (Å²) in [6, 6.07) is 70.1. The Bertz CT molecular complexity index is 5520. The molecule has 0 fully saturated rings. The van der Waals surface area contributed by atoms with Gasteiger partial charge in [-0.1, -0.05) is 225 Å². The van der Waals surface area contributed by atoms with Gasteiger partial charge in [-0.3, -0.25) is 0 Å². The Labute approximate surface area is 623 Å². The van der Waals surface area contributed by atoms with Crippen LogP contribution in [0.25, 0.3) is 89.5 Å². The molecule has 0 bridgehead atoms. The largest absolute Gasteiger partial charge is 0.213 e. The van der Waals surface area contributed by atoms with Crippen molar-refractivity contribution >= 4 is 0 Å². The zero-order valence-corrected chi connectivity index (χ0v) is 65.4. The highest BCUT2D eigenvalue weighted by molar-refractivity contribution is 5.97. The maximum atomic E-state index is 8.86. The number of pyridine rings is 4. The number of nitrogens with zero attached hydrogens (tertiary/aromatic N) is 4. The van der Waals surface area contributed by atoms with Crippen LogP contribution in [0.1, 0.15) is 216 Å². The van der Waals surface area contributed by atoms with Crippen LogP contribution in [0, 0.1) is 27.7 Å². The first-order valence-corrected chi connectivity index (χ1v) is 37.4. The quantitative estimate of drug-likeness (QED) is 0.135. The molecule has 0 saturated heterocycles. The van der Waals surface area contributed by atoms with Crippen molar-refractivity contribution in [3.05, 3.63) is 308 Å². The Morgan fingerprint density at radius 3 is 1.01 bits per heavy atom. The van der Waals surface area contributed by atoms with Gasteiger partial charge in [-0.2, -0.15) is 0 Å². The molecule has 1 unspecified atom stereocenters. The summed E-state index contributed by atoms with van der Waals surface area (Å²) in [5.41, 5.74) is 41.9. The van der Waals surface area contributed by atoms with Crippen LogP contribution in [0.15, 0.2) is 219 Å². The molecule has 1 atom stereocenters. The van der Waals surface area contributed by atoms with E-state index in [1.54, 1.807) is 0 Å². The number of fused-ring (bicyclic) bond motifs is 12. The molecule has 103 heavy (non-hydrogen) atoms. The van der Waals surface area contributed by atoms with E-state index in [1.807, 2.05) is 38.4 Å². The summed E-state index contributed by atoms with van der Waals surface area (Å²) in [6.07, 6.45) is 9.50. The van der Waals surface area contributed by atoms with E-state index in [1.165, 1.54) is 152 Å². The second-order valence-electron chi connectivity index (χ2n) is 32.4. The van der Waals surface area contributed by atoms with E-state index in [0.29, 0.717) is 17.4 Å². The molecule has 16 rings (SSSR count). The third kappa shape index (κ3) is 11.8. The molecule has 522 valence electrons. The molecule has 0 aliphatic heterocycles. The van der Waals surface area contributed by atoms with Gasteiger partial charge in [0.05, 0.1) is 22.3 Å². The number of aromatic nitrogens is 4. The molecule has 0 spiro atoms. The number of hydrogen-bond donors (Lipinski definition) is 0. The average molecular weight is 1360 g/mol. The zero-order chi connectivity index (χ0) is 77.1. The molecule has 0 N–H and O–H groups in total. The number of rotatable bonds is 8. The van der Waals surface area contributed by atoms with Crippen molar-refractivity contribution in [3.8, 4) is 89.5 Å². The summed E-state index contributed by atoms with van der Waals surface area (Å²) in [7, 11) is 8.43. The second-order valence-corrected chi connectivity index (χ2v) is 32.4. The Kier molecular flexibility index (Phi) is 17.6. The van der Waals surface area contributed by atoms with Gasteiger partial charge in [-0.25, -0.2) is 18.3 Å². The molecule has 4 heterocycles. The maximum Gasteiger partial charge on any atom is 0.213 e. The van der Waals surface area contributed by atoms with E-state index in [2.05, 4.69) is 345 Å². The Hall–Kier alpha value is -9.64. The Morgan fingerprint density at radius 2 is 0.641 bits per heavy atom. The van der Waals surface area contributed by atoms with E-state index in [0.717, 1.165) is 34.4 Å². The van der Waals surface area contributed by atoms with Gasteiger partial charge in [0.2, 0.25) is 22.8 Å². The van der Waals surface area contributed by atoms with Crippen molar-refractivity contribution in [1.29, 1.82) is 0 Å². The van der Waals surface area contributed by atoms with Crippen molar-refractivity contribution < 1.29 is 23.8 Å². The number of aryl methyl sites for hydroxylation is 7. The summed E-state index contributed by atoms with van der Waals surface area (Å²) in [6.45, 7) is 38.0. The first kappa shape index (κ1) is 66.6. The van der Waals surface area contributed by atoms with E-state index >= 15 is 0 Å². The lowest BCUT2D eigenvalue weighted by molar-refractivity contribution is -0.660. The van der Waals surface area contributed by atoms with Crippen LogP contribution in [-0.4, -0.2) is 0 Å². The van der Waals surface area contributed by atoms with E-state index in [-0.39, 0.29) is 21.7 Å². The predicted molar refractivity (Wildman–Crippen MR) is 433 cm³/mol. The fourth-order valence-electron chi connectivity index (χ4n) is 18.5. The SMILES string of the molecule is CCc1cc(C)c(-c2cccc[n+]2C)c2c1C(C)(C)c1ccccc1-2.Cc1c(C(C)C)cc2c(c1-c1cccc[n+]1C)-c1ccccc1C2(C)C.Cc1cc(C(C)C)c2c(c1-c1cccc[n+]1C)-c1ccccc1C2(C)C.[2H]C([2H])([2H])C([2H])(C)c1cc2c(c(-c3cccc[n+]3C)c1C)-c1ccccc1C2(C)C. The minimum Gasteiger partial charge on any atom is -0.201 e. The summed E-state index contributed by atoms with van der Waals surface area (Å²) in [5.74, 6) is -0.693. The van der Waals surface area contributed by atoms with Gasteiger partial charge in [-0.05, 0) is 187 Å². The first-order chi connectivity index (χ1) is 50.5. The van der Waals surface area contributed by atoms with Crippen LogP contribution in [0.4, 0.5) is 0 Å². The smallest absolute Gasteiger partial charge is 0.201 e. The van der Waals surface area contributed by atoms with Crippen LogP contribution in [-0.2, 0) is 56.3 Å². The van der Waals surface area contributed by atoms with Gasteiger partial charge in [0, 0.05) is 97.9 Å². The molecule has 4 aliphatic carbocycles. The Balaban J connectivity index is 0.000000126. The lowest BCUT2D eigenvalue weighted by Gasteiger charge is -2.27. The minimum absolute atomic E-state index is 0.0291. The summed E-state index contributed by atoms with van der Waals surface area (Å²) >= 11 is 0. The molecule has 4 aliphatic rings. The highest BCUT2D eigenvalue weighted by Gasteiger charge is 2.45. The number of benzene rings is 8. The average Bonchev–Trinajstić information content (AvgIpc) is 1.54. The van der Waals surface area contributed by atoms with Crippen LogP contribution in [0.3, 0.4) is 0 Å². The third-order valence-electron chi connectivity index (χ3n) is 23.7. The second kappa shape index (κ2) is 27.2. The standard InChI is InChI=1S/3C25H28N.C24H26N/c2*1-16(2)19-15-21-24(18-11-7-8-12-20(18)25(21,4)5)23(17(19)3)22-13-9-10-14-26(22)6;1-16(2)19-15-17(3)22(21-13-9-10-14-26(21)6)23-18-11-7-8-12-20(18)25(4,5)24(19)23;1-6-17-15-16(2)21(20-13-9-10-14-25(20)5)22-18-11-7-8-12-19(18)24(3,4)23(17)22/h3*7-16H,1-6H3;7-15H,6H2,1-5H3/q4*+1/i1D3,16D;;;. The highest BCUT2D eigenvalue weighted by atomic mass is 14.9. The van der Waals surface area contributed by atoms with Gasteiger partial charge in [0.1, 0.15) is 28.2 Å². The predicted octanol–water partition coefficient (Wildman–Crippen LogP) is 23.1. The third-order valence-corrected chi connectivity index (χ3v) is 23.7. The normalized spacial score (nSPS) is 15.7. The fourth-order valence-corrected chi connectivity index (χ4v) is 18.5. The molecule has 8 aromatic carbocycles. The molecule has 4 heteroatoms. The maximum absolute atomic E-state index is 8.86.